The number of nitrogens with zero attached hydrogens (tertiary/aromatic N) is 1. The van der Waals surface area contributed by atoms with Crippen LogP contribution in [0.5, 0.6) is 0 Å². The smallest absolute Gasteiger partial charge is 0.336 e. The molecule has 0 heterocycles. The molecule has 0 spiro atoms. The quantitative estimate of drug-likeness (QED) is 0.220. The van der Waals surface area contributed by atoms with E-state index in [1.54, 1.807) is 0 Å². The minimum absolute atomic E-state index is 0.00394. The van der Waals surface area contributed by atoms with E-state index in [4.69, 9.17) is 15.1 Å². The van der Waals surface area contributed by atoms with Crippen molar-refractivity contribution in [1.82, 2.24) is 0 Å². The lowest BCUT2D eigenvalue weighted by molar-refractivity contribution is -0.370. The predicted octanol–water partition coefficient (Wildman–Crippen LogP) is -1.61. The number of allylic oxidation sites excluding steroid dienone is 2. The summed E-state index contributed by atoms with van der Waals surface area (Å²) < 4.78 is 4.77. The second kappa shape index (κ2) is 4.27. The van der Waals surface area contributed by atoms with Gasteiger partial charge in [0, 0.05) is 6.08 Å². The SMILES string of the molecule is COC1=CC(C(=O)O)=CC(=[NH+]\[O-])/C1=N\O. The number of nitrogens with one attached hydrogen (secondary N) is 1. The Morgan fingerprint density at radius 3 is 2.67 bits per heavy atom. The second-order valence-electron chi connectivity index (χ2n) is 2.58. The van der Waals surface area contributed by atoms with Gasteiger partial charge in [-0.2, -0.15) is 0 Å². The van der Waals surface area contributed by atoms with E-state index >= 15 is 0 Å². The Balaban J connectivity index is 3.26. The first kappa shape index (κ1) is 10.8. The van der Waals surface area contributed by atoms with Crippen molar-refractivity contribution in [2.45, 2.75) is 0 Å². The molecule has 0 aliphatic heterocycles. The summed E-state index contributed by atoms with van der Waals surface area (Å²) in [6, 6.07) is 0. The molecule has 0 aromatic rings. The van der Waals surface area contributed by atoms with Crippen LogP contribution in [0.1, 0.15) is 0 Å². The Kier molecular flexibility index (Phi) is 3.06. The lowest BCUT2D eigenvalue weighted by Crippen LogP contribution is -2.67. The van der Waals surface area contributed by atoms with E-state index in [-0.39, 0.29) is 22.8 Å². The van der Waals surface area contributed by atoms with E-state index in [0.29, 0.717) is 0 Å². The monoisotopic (exact) mass is 212 g/mol. The third-order valence-corrected chi connectivity index (χ3v) is 1.75. The van der Waals surface area contributed by atoms with Gasteiger partial charge < -0.3 is 20.3 Å². The van der Waals surface area contributed by atoms with Crippen molar-refractivity contribution < 1.29 is 25.0 Å². The van der Waals surface area contributed by atoms with Crippen LogP contribution < -0.4 is 5.16 Å². The van der Waals surface area contributed by atoms with Gasteiger partial charge in [0.05, 0.1) is 12.7 Å². The summed E-state index contributed by atoms with van der Waals surface area (Å²) in [7, 11) is 1.27. The molecule has 15 heavy (non-hydrogen) atoms. The zero-order valence-corrected chi connectivity index (χ0v) is 7.72. The predicted molar refractivity (Wildman–Crippen MR) is 49.4 cm³/mol. The Morgan fingerprint density at radius 2 is 2.27 bits per heavy atom. The largest absolute Gasteiger partial charge is 0.625 e. The Bertz CT molecular complexity index is 405. The highest BCUT2D eigenvalue weighted by atomic mass is 16.5. The lowest BCUT2D eigenvalue weighted by Gasteiger charge is -2.10. The van der Waals surface area contributed by atoms with Crippen LogP contribution in [0.15, 0.2) is 28.6 Å². The standard InChI is InChI=1S/C8H8N2O5/c1-15-6-3-4(8(11)12)2-5(9-13)7(6)10-14/h2-3,9H,1H3,(H2-,10,11,12,13,14). The molecule has 80 valence electrons. The molecule has 3 N–H and O–H groups in total. The Labute approximate surface area is 84.3 Å². The molecular formula is C8H8N2O5. The van der Waals surface area contributed by atoms with Gasteiger partial charge in [0.25, 0.3) is 0 Å². The summed E-state index contributed by atoms with van der Waals surface area (Å²) in [6.07, 6.45) is 2.20. The maximum Gasteiger partial charge on any atom is 0.336 e. The van der Waals surface area contributed by atoms with Gasteiger partial charge in [0.2, 0.25) is 11.4 Å². The van der Waals surface area contributed by atoms with E-state index in [1.807, 2.05) is 0 Å². The van der Waals surface area contributed by atoms with Crippen LogP contribution >= 0.6 is 0 Å². The third-order valence-electron chi connectivity index (χ3n) is 1.75. The van der Waals surface area contributed by atoms with E-state index in [0.717, 1.165) is 12.2 Å². The van der Waals surface area contributed by atoms with Gasteiger partial charge >= 0.3 is 5.97 Å². The minimum atomic E-state index is -1.21. The van der Waals surface area contributed by atoms with Gasteiger partial charge in [0.15, 0.2) is 5.76 Å². The van der Waals surface area contributed by atoms with Crippen molar-refractivity contribution in [3.63, 3.8) is 0 Å². The average Bonchev–Trinajstić information content (AvgIpc) is 2.26. The van der Waals surface area contributed by atoms with Gasteiger partial charge in [0.1, 0.15) is 0 Å². The topological polar surface area (TPSA) is 116 Å². The lowest BCUT2D eigenvalue weighted by atomic mass is 10.0. The Morgan fingerprint density at radius 1 is 1.60 bits per heavy atom. The van der Waals surface area contributed by atoms with Gasteiger partial charge in [-0.25, -0.2) is 9.95 Å². The molecule has 1 aliphatic rings. The van der Waals surface area contributed by atoms with Crippen LogP contribution in [0.3, 0.4) is 0 Å². The van der Waals surface area contributed by atoms with Crippen LogP contribution in [-0.4, -0.2) is 34.8 Å². The number of methoxy groups -OCH3 is 1. The molecule has 7 nitrogen and oxygen atoms in total. The number of hydrogen-bond acceptors (Lipinski definition) is 5. The van der Waals surface area contributed by atoms with Crippen LogP contribution in [-0.2, 0) is 9.53 Å². The Hall–Kier alpha value is -2.31. The van der Waals surface area contributed by atoms with Crippen molar-refractivity contribution in [2.75, 3.05) is 7.11 Å². The van der Waals surface area contributed by atoms with E-state index in [9.17, 15) is 10.0 Å². The normalized spacial score (nSPS) is 21.1. The summed E-state index contributed by atoms with van der Waals surface area (Å²) in [6.45, 7) is 0. The molecule has 0 unspecified atom stereocenters. The summed E-state index contributed by atoms with van der Waals surface area (Å²) in [5.74, 6) is -1.22. The molecule has 0 saturated heterocycles. The molecule has 0 atom stereocenters. The number of carboxylic acids is 1. The zero-order valence-electron chi connectivity index (χ0n) is 7.72. The van der Waals surface area contributed by atoms with Gasteiger partial charge in [-0.1, -0.05) is 5.16 Å². The molecule has 0 amide bonds. The van der Waals surface area contributed by atoms with Crippen molar-refractivity contribution in [2.24, 2.45) is 5.16 Å². The summed E-state index contributed by atoms with van der Waals surface area (Å²) >= 11 is 0. The van der Waals surface area contributed by atoms with E-state index < -0.39 is 5.97 Å². The maximum absolute atomic E-state index is 10.7. The fourth-order valence-electron chi connectivity index (χ4n) is 1.07. The summed E-state index contributed by atoms with van der Waals surface area (Å²) in [4.78, 5) is 10.7. The van der Waals surface area contributed by atoms with Crippen molar-refractivity contribution in [3.05, 3.63) is 28.7 Å². The number of carboxylic acid groups (broad SMARTS) is 1. The fraction of sp³-hybridized carbons (Fsp3) is 0.125. The first-order chi connectivity index (χ1) is 7.13. The average molecular weight is 212 g/mol. The molecule has 1 aliphatic carbocycles. The van der Waals surface area contributed by atoms with Crippen molar-refractivity contribution in [1.29, 1.82) is 0 Å². The van der Waals surface area contributed by atoms with Gasteiger partial charge in [-0.3, -0.25) is 0 Å². The number of hydrogen-bond donors (Lipinski definition) is 3. The first-order valence-electron chi connectivity index (χ1n) is 3.82. The molecule has 0 saturated carbocycles. The summed E-state index contributed by atoms with van der Waals surface area (Å²) in [5.41, 5.74) is -0.454. The fourth-order valence-corrected chi connectivity index (χ4v) is 1.07. The number of ether oxygens (including phenoxy) is 1. The van der Waals surface area contributed by atoms with Crippen LogP contribution in [0.25, 0.3) is 0 Å². The van der Waals surface area contributed by atoms with Crippen molar-refractivity contribution in [3.8, 4) is 0 Å². The second-order valence-corrected chi connectivity index (χ2v) is 2.58. The highest BCUT2D eigenvalue weighted by Gasteiger charge is 2.26. The molecule has 0 bridgehead atoms. The van der Waals surface area contributed by atoms with E-state index in [2.05, 4.69) is 5.16 Å². The molecule has 0 aromatic heterocycles. The number of rotatable bonds is 2. The molecular weight excluding hydrogens is 204 g/mol. The van der Waals surface area contributed by atoms with Gasteiger partial charge in [-0.15, -0.1) is 0 Å². The molecule has 1 rings (SSSR count). The van der Waals surface area contributed by atoms with Crippen LogP contribution in [0, 0.1) is 5.21 Å². The van der Waals surface area contributed by atoms with Crippen LogP contribution in [0.2, 0.25) is 0 Å². The molecule has 0 radical (unpaired) electrons. The van der Waals surface area contributed by atoms with E-state index in [1.165, 1.54) is 12.3 Å². The van der Waals surface area contributed by atoms with Crippen LogP contribution in [0.4, 0.5) is 0 Å². The molecule has 0 fully saturated rings. The van der Waals surface area contributed by atoms with Crippen molar-refractivity contribution >= 4 is 17.4 Å². The minimum Gasteiger partial charge on any atom is -0.625 e. The highest BCUT2D eigenvalue weighted by molar-refractivity contribution is 6.50. The highest BCUT2D eigenvalue weighted by Crippen LogP contribution is 2.13. The van der Waals surface area contributed by atoms with Gasteiger partial charge in [-0.05, 0) is 6.08 Å². The first-order valence-corrected chi connectivity index (χ1v) is 3.82. The third kappa shape index (κ3) is 1.96. The number of carbonyl (C=O) groups is 1. The maximum atomic E-state index is 10.7. The molecule has 0 aromatic carbocycles. The number of aliphatic carboxylic acids is 1. The summed E-state index contributed by atoms with van der Waals surface area (Å²) in [5, 5.41) is 32.1. The number of oxime groups is 1. The molecule has 7 heteroatoms. The zero-order chi connectivity index (χ0) is 11.4.